The summed E-state index contributed by atoms with van der Waals surface area (Å²) in [4.78, 5) is 72.0. The van der Waals surface area contributed by atoms with E-state index in [4.69, 9.17) is 9.47 Å². The maximum atomic E-state index is 13.9. The van der Waals surface area contributed by atoms with Gasteiger partial charge >= 0.3 is 0 Å². The maximum absolute atomic E-state index is 13.9. The number of carbonyl (C=O) groups is 5. The summed E-state index contributed by atoms with van der Waals surface area (Å²) in [6, 6.07) is 12.2. The van der Waals surface area contributed by atoms with Crippen LogP contribution in [0, 0.1) is 5.92 Å². The van der Waals surface area contributed by atoms with E-state index in [9.17, 15) is 24.0 Å². The number of ether oxygens (including phenoxy) is 2. The van der Waals surface area contributed by atoms with Gasteiger partial charge in [-0.3, -0.25) is 28.9 Å². The average Bonchev–Trinajstić information content (AvgIpc) is 3.10. The summed E-state index contributed by atoms with van der Waals surface area (Å²) in [6.07, 6.45) is 0.451. The van der Waals surface area contributed by atoms with Crippen LogP contribution < -0.4 is 26.0 Å². The van der Waals surface area contributed by atoms with Crippen LogP contribution in [0.15, 0.2) is 54.6 Å². The lowest BCUT2D eigenvalue weighted by Gasteiger charge is -2.31. The standard InChI is InChI=1S/C36H50N6O7/c1-24(2)32-36(47)38-25(3)23-49-30-14-9-8-13-27(30)33(44)39-28(34(45)37-15-10-16-42-17-19-48-20-18-42)22-31(43)41(4)29(35(46)40-32)21-26-11-6-5-7-12-26/h5-9,11-14,24-25,28-29,32H,10,15-23H2,1-4H3,(H,37,45)(H,38,47)(H,39,44)(H,40,46)/t25-,28-,29-,32+/m0/s1. The Morgan fingerprint density at radius 3 is 2.35 bits per heavy atom. The molecule has 13 heteroatoms. The number of nitrogens with zero attached hydrogens (tertiary/aromatic N) is 2. The fourth-order valence-corrected chi connectivity index (χ4v) is 5.80. The van der Waals surface area contributed by atoms with Crippen LogP contribution in [-0.2, 0) is 30.3 Å². The molecule has 49 heavy (non-hydrogen) atoms. The number of benzene rings is 2. The molecule has 0 unspecified atom stereocenters. The van der Waals surface area contributed by atoms with E-state index in [-0.39, 0.29) is 30.3 Å². The maximum Gasteiger partial charge on any atom is 0.255 e. The molecule has 4 N–H and O–H groups in total. The molecule has 2 aliphatic rings. The van der Waals surface area contributed by atoms with Gasteiger partial charge in [0, 0.05) is 33.1 Å². The van der Waals surface area contributed by atoms with E-state index in [2.05, 4.69) is 26.2 Å². The van der Waals surface area contributed by atoms with E-state index in [0.29, 0.717) is 26.2 Å². The molecule has 266 valence electrons. The molecule has 2 heterocycles. The number of amides is 5. The molecule has 13 nitrogen and oxygen atoms in total. The molecule has 4 atom stereocenters. The molecule has 4 rings (SSSR count). The topological polar surface area (TPSA) is 158 Å². The summed E-state index contributed by atoms with van der Waals surface area (Å²) in [7, 11) is 1.50. The fourth-order valence-electron chi connectivity index (χ4n) is 5.80. The number of para-hydroxylation sites is 1. The molecule has 1 saturated heterocycles. The highest BCUT2D eigenvalue weighted by Gasteiger charge is 2.35. The Hall–Kier alpha value is -4.49. The van der Waals surface area contributed by atoms with E-state index in [0.717, 1.165) is 25.2 Å². The Labute approximate surface area is 288 Å². The van der Waals surface area contributed by atoms with Crippen molar-refractivity contribution >= 4 is 29.5 Å². The van der Waals surface area contributed by atoms with Gasteiger partial charge in [0.1, 0.15) is 30.5 Å². The highest BCUT2D eigenvalue weighted by molar-refractivity contribution is 6.01. The van der Waals surface area contributed by atoms with Gasteiger partial charge in [-0.25, -0.2) is 0 Å². The summed E-state index contributed by atoms with van der Waals surface area (Å²) in [5.74, 6) is -2.56. The lowest BCUT2D eigenvalue weighted by Crippen LogP contribution is -2.58. The van der Waals surface area contributed by atoms with Crippen LogP contribution in [0.25, 0.3) is 0 Å². The SMILES string of the molecule is CC(C)[C@H]1NC(=O)[C@H](Cc2ccccc2)N(C)C(=O)C[C@@H](C(=O)NCCCN2CCOCC2)NC(=O)c2ccccc2OC[C@H](C)NC1=O. The van der Waals surface area contributed by atoms with Crippen LogP contribution >= 0.6 is 0 Å². The van der Waals surface area contributed by atoms with Gasteiger partial charge in [-0.1, -0.05) is 56.3 Å². The molecule has 2 aromatic rings. The zero-order chi connectivity index (χ0) is 35.3. The largest absolute Gasteiger partial charge is 0.491 e. The van der Waals surface area contributed by atoms with Crippen molar-refractivity contribution in [3.05, 3.63) is 65.7 Å². The zero-order valence-corrected chi connectivity index (χ0v) is 28.9. The molecular formula is C36H50N6O7. The van der Waals surface area contributed by atoms with E-state index in [1.165, 1.54) is 11.9 Å². The van der Waals surface area contributed by atoms with Crippen LogP contribution in [0.2, 0.25) is 0 Å². The van der Waals surface area contributed by atoms with Crippen molar-refractivity contribution in [3.63, 3.8) is 0 Å². The Morgan fingerprint density at radius 1 is 0.939 bits per heavy atom. The Balaban J connectivity index is 1.62. The summed E-state index contributed by atoms with van der Waals surface area (Å²) in [6.45, 7) is 9.58. The summed E-state index contributed by atoms with van der Waals surface area (Å²) in [5, 5.41) is 11.4. The molecule has 0 saturated carbocycles. The Bertz CT molecular complexity index is 1430. The summed E-state index contributed by atoms with van der Waals surface area (Å²) >= 11 is 0. The highest BCUT2D eigenvalue weighted by Crippen LogP contribution is 2.19. The number of likely N-dealkylation sites (N-methyl/N-ethyl adjacent to an activating group) is 1. The number of nitrogens with one attached hydrogen (secondary N) is 4. The third-order valence-electron chi connectivity index (χ3n) is 8.75. The first kappa shape index (κ1) is 37.3. The van der Waals surface area contributed by atoms with E-state index in [1.54, 1.807) is 31.2 Å². The molecule has 0 bridgehead atoms. The quantitative estimate of drug-likeness (QED) is 0.303. The van der Waals surface area contributed by atoms with Crippen molar-refractivity contribution in [1.29, 1.82) is 0 Å². The van der Waals surface area contributed by atoms with Crippen LogP contribution in [0.3, 0.4) is 0 Å². The zero-order valence-electron chi connectivity index (χ0n) is 28.9. The Kier molecular flexibility index (Phi) is 14.0. The van der Waals surface area contributed by atoms with Crippen molar-refractivity contribution < 1.29 is 33.4 Å². The Morgan fingerprint density at radius 2 is 1.63 bits per heavy atom. The van der Waals surface area contributed by atoms with Gasteiger partial charge in [0.2, 0.25) is 23.6 Å². The molecule has 0 spiro atoms. The van der Waals surface area contributed by atoms with Gasteiger partial charge in [-0.05, 0) is 43.5 Å². The van der Waals surface area contributed by atoms with Crippen molar-refractivity contribution in [1.82, 2.24) is 31.1 Å². The average molecular weight is 679 g/mol. The molecule has 0 aliphatic carbocycles. The smallest absolute Gasteiger partial charge is 0.255 e. The molecule has 0 aromatic heterocycles. The summed E-state index contributed by atoms with van der Waals surface area (Å²) in [5.41, 5.74) is 0.985. The second-order valence-corrected chi connectivity index (χ2v) is 13.0. The number of carbonyl (C=O) groups excluding carboxylic acids is 5. The van der Waals surface area contributed by atoms with E-state index < -0.39 is 60.1 Å². The number of hydrogen-bond donors (Lipinski definition) is 4. The number of fused-ring (bicyclic) bond motifs is 1. The van der Waals surface area contributed by atoms with Gasteiger partial charge < -0.3 is 35.6 Å². The second kappa shape index (κ2) is 18.3. The second-order valence-electron chi connectivity index (χ2n) is 13.0. The third kappa shape index (κ3) is 11.0. The van der Waals surface area contributed by atoms with Crippen LogP contribution in [-0.4, -0.2) is 117 Å². The first-order chi connectivity index (χ1) is 23.5. The predicted molar refractivity (Wildman–Crippen MR) is 184 cm³/mol. The first-order valence-electron chi connectivity index (χ1n) is 17.0. The van der Waals surface area contributed by atoms with Crippen molar-refractivity contribution in [2.45, 2.75) is 64.2 Å². The van der Waals surface area contributed by atoms with Gasteiger partial charge in [-0.2, -0.15) is 0 Å². The van der Waals surface area contributed by atoms with Gasteiger partial charge in [0.25, 0.3) is 5.91 Å². The lowest BCUT2D eigenvalue weighted by molar-refractivity contribution is -0.141. The van der Waals surface area contributed by atoms with Crippen molar-refractivity contribution in [2.24, 2.45) is 5.92 Å². The van der Waals surface area contributed by atoms with E-state index >= 15 is 0 Å². The molecule has 2 aliphatic heterocycles. The molecule has 1 fully saturated rings. The van der Waals surface area contributed by atoms with Gasteiger partial charge in [0.15, 0.2) is 0 Å². The first-order valence-corrected chi connectivity index (χ1v) is 17.0. The molecule has 0 radical (unpaired) electrons. The van der Waals surface area contributed by atoms with Crippen LogP contribution in [0.1, 0.15) is 49.5 Å². The number of hydrogen-bond acceptors (Lipinski definition) is 8. The van der Waals surface area contributed by atoms with Crippen LogP contribution in [0.4, 0.5) is 0 Å². The summed E-state index contributed by atoms with van der Waals surface area (Å²) < 4.78 is 11.4. The van der Waals surface area contributed by atoms with Gasteiger partial charge in [-0.15, -0.1) is 0 Å². The number of morpholine rings is 1. The van der Waals surface area contributed by atoms with Crippen molar-refractivity contribution in [3.8, 4) is 5.75 Å². The molecule has 2 aromatic carbocycles. The number of rotatable bonds is 8. The molecule has 5 amide bonds. The third-order valence-corrected chi connectivity index (χ3v) is 8.75. The highest BCUT2D eigenvalue weighted by atomic mass is 16.5. The monoisotopic (exact) mass is 678 g/mol. The minimum Gasteiger partial charge on any atom is -0.491 e. The van der Waals surface area contributed by atoms with E-state index in [1.807, 2.05) is 44.2 Å². The molecular weight excluding hydrogens is 628 g/mol. The van der Waals surface area contributed by atoms with Crippen LogP contribution in [0.5, 0.6) is 5.75 Å². The minimum absolute atomic E-state index is 0.0414. The van der Waals surface area contributed by atoms with Gasteiger partial charge in [0.05, 0.1) is 31.2 Å². The normalized spacial score (nSPS) is 23.4. The minimum atomic E-state index is -1.24. The lowest BCUT2D eigenvalue weighted by atomic mass is 9.99. The van der Waals surface area contributed by atoms with Crippen molar-refractivity contribution in [2.75, 3.05) is 53.0 Å². The fraction of sp³-hybridized carbons (Fsp3) is 0.528. The predicted octanol–water partition coefficient (Wildman–Crippen LogP) is 1.12.